The largest absolute Gasteiger partial charge is 0.305 e. The lowest BCUT2D eigenvalue weighted by atomic mass is 10.1. The van der Waals surface area contributed by atoms with Crippen LogP contribution in [-0.2, 0) is 0 Å². The number of carbonyl (C=O) groups is 1. The highest BCUT2D eigenvalue weighted by Gasteiger charge is 2.19. The van der Waals surface area contributed by atoms with Gasteiger partial charge >= 0.3 is 5.69 Å². The van der Waals surface area contributed by atoms with Gasteiger partial charge in [-0.2, -0.15) is 4.39 Å². The van der Waals surface area contributed by atoms with E-state index in [2.05, 4.69) is 6.58 Å². The fourth-order valence-electron chi connectivity index (χ4n) is 0.961. The molecule has 0 aromatic heterocycles. The fourth-order valence-corrected chi connectivity index (χ4v) is 0.961. The Morgan fingerprint density at radius 1 is 1.57 bits per heavy atom. The van der Waals surface area contributed by atoms with Crippen LogP contribution in [0.2, 0.25) is 0 Å². The predicted octanol–water partition coefficient (Wildman–Crippen LogP) is 2.10. The van der Waals surface area contributed by atoms with Crippen molar-refractivity contribution < 1.29 is 14.1 Å². The van der Waals surface area contributed by atoms with Crippen LogP contribution < -0.4 is 0 Å². The maximum atomic E-state index is 13.3. The van der Waals surface area contributed by atoms with Crippen molar-refractivity contribution >= 4 is 11.5 Å². The standard InChI is InChI=1S/C9H6FNO3/c1-2-8(12)6-4-3-5-7(9(6)10)11(13)14/h2-5H,1H2. The van der Waals surface area contributed by atoms with Gasteiger partial charge in [-0.05, 0) is 12.1 Å². The molecule has 0 radical (unpaired) electrons. The number of hydrogen-bond donors (Lipinski definition) is 0. The van der Waals surface area contributed by atoms with Gasteiger partial charge in [-0.25, -0.2) is 0 Å². The minimum Gasteiger partial charge on any atom is -0.289 e. The Labute approximate surface area is 78.8 Å². The van der Waals surface area contributed by atoms with E-state index in [1.54, 1.807) is 0 Å². The molecule has 4 nitrogen and oxygen atoms in total. The molecule has 5 heteroatoms. The van der Waals surface area contributed by atoms with Crippen LogP contribution in [0.3, 0.4) is 0 Å². The van der Waals surface area contributed by atoms with Gasteiger partial charge in [0.25, 0.3) is 0 Å². The van der Waals surface area contributed by atoms with Crippen molar-refractivity contribution in [3.63, 3.8) is 0 Å². The number of nitro benzene ring substituents is 1. The first-order valence-corrected chi connectivity index (χ1v) is 3.67. The summed E-state index contributed by atoms with van der Waals surface area (Å²) >= 11 is 0. The Bertz CT molecular complexity index is 415. The summed E-state index contributed by atoms with van der Waals surface area (Å²) in [6, 6.07) is 3.42. The van der Waals surface area contributed by atoms with E-state index < -0.39 is 22.2 Å². The first-order chi connectivity index (χ1) is 6.57. The average Bonchev–Trinajstić information content (AvgIpc) is 2.16. The third kappa shape index (κ3) is 1.66. The maximum absolute atomic E-state index is 13.3. The first kappa shape index (κ1) is 10.0. The molecule has 1 aromatic carbocycles. The number of benzene rings is 1. The number of nitro groups is 1. The third-order valence-corrected chi connectivity index (χ3v) is 1.63. The normalized spacial score (nSPS) is 9.50. The van der Waals surface area contributed by atoms with Gasteiger partial charge < -0.3 is 0 Å². The van der Waals surface area contributed by atoms with Crippen molar-refractivity contribution in [2.45, 2.75) is 0 Å². The lowest BCUT2D eigenvalue weighted by molar-refractivity contribution is -0.387. The van der Waals surface area contributed by atoms with Crippen molar-refractivity contribution in [3.8, 4) is 0 Å². The highest BCUT2D eigenvalue weighted by molar-refractivity contribution is 6.04. The van der Waals surface area contributed by atoms with E-state index >= 15 is 0 Å². The molecule has 0 bridgehead atoms. The smallest absolute Gasteiger partial charge is 0.289 e. The molecule has 1 aromatic rings. The first-order valence-electron chi connectivity index (χ1n) is 3.67. The molecule has 0 spiro atoms. The highest BCUT2D eigenvalue weighted by atomic mass is 19.1. The summed E-state index contributed by atoms with van der Waals surface area (Å²) in [7, 11) is 0. The highest BCUT2D eigenvalue weighted by Crippen LogP contribution is 2.20. The second-order valence-corrected chi connectivity index (χ2v) is 2.46. The Morgan fingerprint density at radius 3 is 2.71 bits per heavy atom. The number of rotatable bonds is 3. The van der Waals surface area contributed by atoms with Gasteiger partial charge in [-0.15, -0.1) is 0 Å². The second-order valence-electron chi connectivity index (χ2n) is 2.46. The van der Waals surface area contributed by atoms with Gasteiger partial charge in [0.1, 0.15) is 0 Å². The SMILES string of the molecule is C=CC(=O)c1cccc([N+](=O)[O-])c1F. The molecule has 72 valence electrons. The Balaban J connectivity index is 3.34. The second kappa shape index (κ2) is 3.78. The molecule has 0 aliphatic carbocycles. The van der Waals surface area contributed by atoms with E-state index in [0.29, 0.717) is 0 Å². The molecule has 0 atom stereocenters. The van der Waals surface area contributed by atoms with Crippen LogP contribution in [0, 0.1) is 15.9 Å². The topological polar surface area (TPSA) is 60.2 Å². The summed E-state index contributed by atoms with van der Waals surface area (Å²) in [5.41, 5.74) is -1.05. The Kier molecular flexibility index (Phi) is 2.71. The fraction of sp³-hybridized carbons (Fsp3) is 0. The van der Waals surface area contributed by atoms with Crippen LogP contribution >= 0.6 is 0 Å². The lowest BCUT2D eigenvalue weighted by Crippen LogP contribution is -2.01. The molecule has 0 unspecified atom stereocenters. The maximum Gasteiger partial charge on any atom is 0.305 e. The van der Waals surface area contributed by atoms with Gasteiger partial charge in [-0.3, -0.25) is 14.9 Å². The van der Waals surface area contributed by atoms with E-state index in [4.69, 9.17) is 0 Å². The quantitative estimate of drug-likeness (QED) is 0.321. The third-order valence-electron chi connectivity index (χ3n) is 1.63. The van der Waals surface area contributed by atoms with Crippen LogP contribution in [0.4, 0.5) is 10.1 Å². The monoisotopic (exact) mass is 195 g/mol. The molecule has 0 aliphatic rings. The summed E-state index contributed by atoms with van der Waals surface area (Å²) in [6.45, 7) is 3.17. The minimum absolute atomic E-state index is 0.339. The van der Waals surface area contributed by atoms with Crippen molar-refractivity contribution in [1.82, 2.24) is 0 Å². The molecule has 0 heterocycles. The molecule has 0 aliphatic heterocycles. The average molecular weight is 195 g/mol. The van der Waals surface area contributed by atoms with E-state index in [9.17, 15) is 19.3 Å². The van der Waals surface area contributed by atoms with Gasteiger partial charge in [0.2, 0.25) is 5.82 Å². The summed E-state index contributed by atoms with van der Waals surface area (Å²) in [4.78, 5) is 20.5. The van der Waals surface area contributed by atoms with Crippen LogP contribution in [0.5, 0.6) is 0 Å². The molecule has 0 saturated heterocycles. The predicted molar refractivity (Wildman–Crippen MR) is 47.6 cm³/mol. The van der Waals surface area contributed by atoms with Crippen LogP contribution in [0.1, 0.15) is 10.4 Å². The van der Waals surface area contributed by atoms with Crippen molar-refractivity contribution in [1.29, 1.82) is 0 Å². The number of halogens is 1. The van der Waals surface area contributed by atoms with E-state index in [-0.39, 0.29) is 5.56 Å². The van der Waals surface area contributed by atoms with Crippen LogP contribution in [0.25, 0.3) is 0 Å². The van der Waals surface area contributed by atoms with Crippen LogP contribution in [0.15, 0.2) is 30.9 Å². The van der Waals surface area contributed by atoms with Crippen molar-refractivity contribution in [3.05, 3.63) is 52.3 Å². The summed E-state index contributed by atoms with van der Waals surface area (Å²) < 4.78 is 13.3. The molecule has 0 amide bonds. The Morgan fingerprint density at radius 2 is 2.21 bits per heavy atom. The summed E-state index contributed by atoms with van der Waals surface area (Å²) in [6.07, 6.45) is 0.905. The number of hydrogen-bond acceptors (Lipinski definition) is 3. The summed E-state index contributed by atoms with van der Waals surface area (Å²) in [5, 5.41) is 10.3. The molecule has 1 rings (SSSR count). The molecule has 0 fully saturated rings. The number of ketones is 1. The van der Waals surface area contributed by atoms with Gasteiger partial charge in [0.15, 0.2) is 5.78 Å². The van der Waals surface area contributed by atoms with Crippen molar-refractivity contribution in [2.75, 3.05) is 0 Å². The molecular weight excluding hydrogens is 189 g/mol. The van der Waals surface area contributed by atoms with E-state index in [0.717, 1.165) is 12.1 Å². The molecular formula is C9H6FNO3. The summed E-state index contributed by atoms with van der Waals surface area (Å²) in [5.74, 6) is -1.80. The van der Waals surface area contributed by atoms with E-state index in [1.165, 1.54) is 12.1 Å². The zero-order valence-corrected chi connectivity index (χ0v) is 7.07. The zero-order chi connectivity index (χ0) is 10.7. The van der Waals surface area contributed by atoms with Crippen LogP contribution in [-0.4, -0.2) is 10.7 Å². The zero-order valence-electron chi connectivity index (χ0n) is 7.07. The molecule has 14 heavy (non-hydrogen) atoms. The van der Waals surface area contributed by atoms with E-state index in [1.807, 2.05) is 0 Å². The molecule has 0 N–H and O–H groups in total. The minimum atomic E-state index is -1.12. The van der Waals surface area contributed by atoms with Gasteiger partial charge in [-0.1, -0.05) is 12.6 Å². The van der Waals surface area contributed by atoms with Gasteiger partial charge in [0, 0.05) is 6.07 Å². The number of allylic oxidation sites excluding steroid dienone is 1. The van der Waals surface area contributed by atoms with Crippen molar-refractivity contribution in [2.24, 2.45) is 0 Å². The Hall–Kier alpha value is -2.04. The molecule has 0 saturated carbocycles. The van der Waals surface area contributed by atoms with Gasteiger partial charge in [0.05, 0.1) is 10.5 Å². The lowest BCUT2D eigenvalue weighted by Gasteiger charge is -1.98. The number of nitrogens with zero attached hydrogens (tertiary/aromatic N) is 1. The number of carbonyl (C=O) groups excluding carboxylic acids is 1.